The van der Waals surface area contributed by atoms with Gasteiger partial charge in [-0.05, 0) is 51.4 Å². The van der Waals surface area contributed by atoms with Crippen molar-refractivity contribution in [1.82, 2.24) is 10.6 Å². The molecule has 0 radical (unpaired) electrons. The van der Waals surface area contributed by atoms with Crippen LogP contribution in [0.15, 0.2) is 0 Å². The molecular weight excluding hydrogens is 544 g/mol. The molecule has 0 aromatic heterocycles. The molecule has 11 heteroatoms. The van der Waals surface area contributed by atoms with E-state index in [1.54, 1.807) is 6.92 Å². The average Bonchev–Trinajstić information content (AvgIpc) is 3.51. The Kier molecular flexibility index (Phi) is 19.3. The Hall–Kier alpha value is -2.08. The van der Waals surface area contributed by atoms with E-state index >= 15 is 0 Å². The second-order valence-corrected chi connectivity index (χ2v) is 11.4. The highest BCUT2D eigenvalue weighted by Gasteiger charge is 2.41. The van der Waals surface area contributed by atoms with E-state index in [0.29, 0.717) is 78.0 Å². The van der Waals surface area contributed by atoms with Gasteiger partial charge >= 0.3 is 12.0 Å². The number of esters is 1. The van der Waals surface area contributed by atoms with Crippen LogP contribution in [0.1, 0.15) is 90.9 Å². The number of carbonyl (C=O) groups is 4. The molecule has 2 N–H and O–H groups in total. The smallest absolute Gasteiger partial charge is 0.315 e. The van der Waals surface area contributed by atoms with Crippen LogP contribution in [0.5, 0.6) is 0 Å². The number of hydrogen-bond acceptors (Lipinski definition) is 9. The molecule has 0 spiro atoms. The fraction of sp³-hybridized carbons (Fsp3) is 0.871. The van der Waals surface area contributed by atoms with Gasteiger partial charge < -0.3 is 34.3 Å². The first-order valence-electron chi connectivity index (χ1n) is 15.9. The standard InChI is InChI=1S/C31H54N2O9/c1-24(25(2)34)8-4-3-5-10-27(35)14-15-38-16-17-39-18-19-40-20-21-41-22-23-42-29(36)11-7-6-9-26-12-13-28-30(26)33-31(37)32-28/h24,26,28,30H,3-23H2,1-2H3,(H2,32,33,37)/t24?,26-,28+,30-/m1/s1. The lowest BCUT2D eigenvalue weighted by Gasteiger charge is -2.17. The minimum Gasteiger partial charge on any atom is -0.463 e. The number of Topliss-reactive ketones (excluding diaryl/α,β-unsaturated/α-hetero) is 2. The number of carbonyl (C=O) groups excluding carboxylic acids is 4. The van der Waals surface area contributed by atoms with Crippen LogP contribution in [0.3, 0.4) is 0 Å². The molecular formula is C31H54N2O9. The van der Waals surface area contributed by atoms with Crippen molar-refractivity contribution >= 4 is 23.6 Å². The first-order valence-corrected chi connectivity index (χ1v) is 15.9. The average molecular weight is 599 g/mol. The van der Waals surface area contributed by atoms with Crippen molar-refractivity contribution < 1.29 is 42.9 Å². The van der Waals surface area contributed by atoms with Crippen molar-refractivity contribution in [3.8, 4) is 0 Å². The minimum atomic E-state index is -0.203. The molecule has 4 atom stereocenters. The number of ether oxygens (including phenoxy) is 5. The molecule has 1 saturated carbocycles. The quantitative estimate of drug-likeness (QED) is 0.107. The van der Waals surface area contributed by atoms with Crippen LogP contribution in [0.25, 0.3) is 0 Å². The Morgan fingerprint density at radius 2 is 1.36 bits per heavy atom. The lowest BCUT2D eigenvalue weighted by atomic mass is 9.96. The number of rotatable bonds is 27. The lowest BCUT2D eigenvalue weighted by molar-refractivity contribution is -0.145. The summed E-state index contributed by atoms with van der Waals surface area (Å²) in [5, 5.41) is 5.97. The summed E-state index contributed by atoms with van der Waals surface area (Å²) in [7, 11) is 0. The highest BCUT2D eigenvalue weighted by molar-refractivity contribution is 5.78. The fourth-order valence-electron chi connectivity index (χ4n) is 5.33. The largest absolute Gasteiger partial charge is 0.463 e. The van der Waals surface area contributed by atoms with Crippen molar-refractivity contribution in [2.75, 3.05) is 59.5 Å². The number of ketones is 2. The zero-order chi connectivity index (χ0) is 30.4. The highest BCUT2D eigenvalue weighted by atomic mass is 16.6. The summed E-state index contributed by atoms with van der Waals surface area (Å²) in [6.45, 7) is 7.21. The molecule has 0 bridgehead atoms. The zero-order valence-corrected chi connectivity index (χ0v) is 25.8. The maximum Gasteiger partial charge on any atom is 0.315 e. The summed E-state index contributed by atoms with van der Waals surface area (Å²) in [6.07, 6.45) is 10.1. The predicted molar refractivity (Wildman–Crippen MR) is 157 cm³/mol. The van der Waals surface area contributed by atoms with Gasteiger partial charge in [-0.25, -0.2) is 4.79 Å². The molecule has 2 amide bonds. The molecule has 2 fully saturated rings. The van der Waals surface area contributed by atoms with Gasteiger partial charge in [-0.15, -0.1) is 0 Å². The molecule has 1 saturated heterocycles. The van der Waals surface area contributed by atoms with Gasteiger partial charge in [-0.1, -0.05) is 26.2 Å². The molecule has 0 aromatic carbocycles. The van der Waals surface area contributed by atoms with Gasteiger partial charge in [0.1, 0.15) is 18.2 Å². The van der Waals surface area contributed by atoms with Crippen LogP contribution in [0, 0.1) is 11.8 Å². The molecule has 1 unspecified atom stereocenters. The monoisotopic (exact) mass is 598 g/mol. The third-order valence-electron chi connectivity index (χ3n) is 8.03. The third kappa shape index (κ3) is 16.5. The van der Waals surface area contributed by atoms with E-state index in [1.165, 1.54) is 0 Å². The summed E-state index contributed by atoms with van der Waals surface area (Å²) in [5.41, 5.74) is 0. The van der Waals surface area contributed by atoms with Gasteiger partial charge in [0.2, 0.25) is 0 Å². The Labute approximate surface area is 251 Å². The maximum atomic E-state index is 11.9. The fourth-order valence-corrected chi connectivity index (χ4v) is 5.33. The highest BCUT2D eigenvalue weighted by Crippen LogP contribution is 2.32. The Bertz CT molecular complexity index is 794. The van der Waals surface area contributed by atoms with Gasteiger partial charge in [0.05, 0.1) is 64.9 Å². The summed E-state index contributed by atoms with van der Waals surface area (Å²) < 4.78 is 27.0. The van der Waals surface area contributed by atoms with E-state index in [9.17, 15) is 19.2 Å². The first kappa shape index (κ1) is 36.1. The van der Waals surface area contributed by atoms with E-state index in [2.05, 4.69) is 10.6 Å². The molecule has 0 aromatic rings. The molecule has 2 rings (SSSR count). The van der Waals surface area contributed by atoms with Crippen LogP contribution >= 0.6 is 0 Å². The number of fused-ring (bicyclic) bond motifs is 1. The van der Waals surface area contributed by atoms with Crippen molar-refractivity contribution in [3.63, 3.8) is 0 Å². The second-order valence-electron chi connectivity index (χ2n) is 11.4. The van der Waals surface area contributed by atoms with Crippen LogP contribution < -0.4 is 10.6 Å². The molecule has 1 aliphatic heterocycles. The van der Waals surface area contributed by atoms with Crippen molar-refractivity contribution in [3.05, 3.63) is 0 Å². The first-order chi connectivity index (χ1) is 20.4. The molecule has 1 aliphatic carbocycles. The number of nitrogens with one attached hydrogen (secondary N) is 2. The van der Waals surface area contributed by atoms with Gasteiger partial charge in [0.15, 0.2) is 0 Å². The van der Waals surface area contributed by atoms with E-state index in [1.807, 2.05) is 6.92 Å². The van der Waals surface area contributed by atoms with E-state index in [4.69, 9.17) is 23.7 Å². The summed E-state index contributed by atoms with van der Waals surface area (Å²) in [5.74, 6) is 0.859. The van der Waals surface area contributed by atoms with Gasteiger partial charge in [-0.2, -0.15) is 0 Å². The zero-order valence-electron chi connectivity index (χ0n) is 25.8. The maximum absolute atomic E-state index is 11.9. The number of amides is 2. The SMILES string of the molecule is CC(=O)C(C)CCCCCC(=O)CCOCCOCCOCCOCCOC(=O)CCCC[C@@H]1CC[C@@H]2NC(=O)N[C@H]12. The van der Waals surface area contributed by atoms with E-state index in [0.717, 1.165) is 57.8 Å². The molecule has 42 heavy (non-hydrogen) atoms. The molecule has 2 aliphatic rings. The summed E-state index contributed by atoms with van der Waals surface area (Å²) in [4.78, 5) is 46.4. The van der Waals surface area contributed by atoms with Crippen LogP contribution in [0.4, 0.5) is 4.79 Å². The second kappa shape index (κ2) is 22.5. The van der Waals surface area contributed by atoms with Crippen molar-refractivity contribution in [2.24, 2.45) is 11.8 Å². The summed E-state index contributed by atoms with van der Waals surface area (Å²) >= 11 is 0. The van der Waals surface area contributed by atoms with Gasteiger partial charge in [0, 0.05) is 25.2 Å². The van der Waals surface area contributed by atoms with Crippen LogP contribution in [-0.2, 0) is 38.1 Å². The molecule has 11 nitrogen and oxygen atoms in total. The van der Waals surface area contributed by atoms with E-state index < -0.39 is 0 Å². The minimum absolute atomic E-state index is 0.0580. The van der Waals surface area contributed by atoms with Gasteiger partial charge in [-0.3, -0.25) is 14.4 Å². The van der Waals surface area contributed by atoms with Crippen molar-refractivity contribution in [1.29, 1.82) is 0 Å². The Morgan fingerprint density at radius 3 is 2.02 bits per heavy atom. The topological polar surface area (TPSA) is 138 Å². The Morgan fingerprint density at radius 1 is 0.738 bits per heavy atom. The van der Waals surface area contributed by atoms with Crippen LogP contribution in [-0.4, -0.2) is 95.1 Å². The van der Waals surface area contributed by atoms with Crippen LogP contribution in [0.2, 0.25) is 0 Å². The number of unbranched alkanes of at least 4 members (excludes halogenated alkanes) is 3. The van der Waals surface area contributed by atoms with Gasteiger partial charge in [0.25, 0.3) is 0 Å². The van der Waals surface area contributed by atoms with Crippen molar-refractivity contribution in [2.45, 2.75) is 103 Å². The summed E-state index contributed by atoms with van der Waals surface area (Å²) in [6, 6.07) is 0.458. The number of hydrogen-bond donors (Lipinski definition) is 2. The normalized spacial score (nSPS) is 20.1. The Balaban J connectivity index is 1.24. The third-order valence-corrected chi connectivity index (χ3v) is 8.03. The predicted octanol–water partition coefficient (Wildman–Crippen LogP) is 3.75. The van der Waals surface area contributed by atoms with E-state index in [-0.39, 0.29) is 48.2 Å². The molecule has 242 valence electrons. The lowest BCUT2D eigenvalue weighted by Crippen LogP contribution is -2.33. The molecule has 1 heterocycles. The number of urea groups is 1.